The Labute approximate surface area is 80.5 Å². The Bertz CT molecular complexity index is 275. The van der Waals surface area contributed by atoms with Gasteiger partial charge in [-0.15, -0.1) is 0 Å². The number of aliphatic hydroxyl groups is 1. The van der Waals surface area contributed by atoms with Crippen molar-refractivity contribution >= 4 is 31.9 Å². The largest absolute Gasteiger partial charge is 0.392 e. The summed E-state index contributed by atoms with van der Waals surface area (Å²) in [5, 5.41) is 8.75. The first-order valence-corrected chi connectivity index (χ1v) is 4.48. The van der Waals surface area contributed by atoms with E-state index < -0.39 is 0 Å². The maximum absolute atomic E-state index is 12.8. The highest BCUT2D eigenvalue weighted by atomic mass is 79.9. The van der Waals surface area contributed by atoms with Crippen molar-refractivity contribution in [2.45, 2.75) is 6.61 Å². The SMILES string of the molecule is OCc1cc(Br)cc(F)c1Br. The zero-order valence-electron chi connectivity index (χ0n) is 5.44. The van der Waals surface area contributed by atoms with Gasteiger partial charge in [-0.2, -0.15) is 0 Å². The normalized spacial score (nSPS) is 10.2. The molecular formula is C7H5Br2FO. The molecule has 0 aliphatic rings. The molecule has 0 fully saturated rings. The smallest absolute Gasteiger partial charge is 0.138 e. The van der Waals surface area contributed by atoms with E-state index in [-0.39, 0.29) is 12.4 Å². The molecule has 0 aromatic heterocycles. The molecule has 0 amide bonds. The molecule has 1 nitrogen and oxygen atoms in total. The molecule has 0 aliphatic carbocycles. The van der Waals surface area contributed by atoms with E-state index in [1.165, 1.54) is 6.07 Å². The number of hydrogen-bond acceptors (Lipinski definition) is 1. The van der Waals surface area contributed by atoms with E-state index in [2.05, 4.69) is 31.9 Å². The number of benzene rings is 1. The van der Waals surface area contributed by atoms with Crippen molar-refractivity contribution in [1.82, 2.24) is 0 Å². The summed E-state index contributed by atoms with van der Waals surface area (Å²) in [5.74, 6) is -0.372. The molecule has 60 valence electrons. The second-order valence-electron chi connectivity index (χ2n) is 2.02. The van der Waals surface area contributed by atoms with Gasteiger partial charge in [-0.1, -0.05) is 15.9 Å². The Kier molecular flexibility index (Phi) is 3.04. The molecule has 1 rings (SSSR count). The minimum atomic E-state index is -0.372. The average molecular weight is 284 g/mol. The summed E-state index contributed by atoms with van der Waals surface area (Å²) in [6.45, 7) is -0.170. The molecule has 1 aromatic carbocycles. The minimum Gasteiger partial charge on any atom is -0.392 e. The van der Waals surface area contributed by atoms with Crippen LogP contribution in [0.3, 0.4) is 0 Å². The fourth-order valence-corrected chi connectivity index (χ4v) is 1.56. The number of rotatable bonds is 1. The summed E-state index contributed by atoms with van der Waals surface area (Å²) in [4.78, 5) is 0. The Morgan fingerprint density at radius 3 is 2.55 bits per heavy atom. The Hall–Kier alpha value is 0.0700. The van der Waals surface area contributed by atoms with Crippen molar-refractivity contribution in [2.24, 2.45) is 0 Å². The Morgan fingerprint density at radius 1 is 1.36 bits per heavy atom. The van der Waals surface area contributed by atoms with Gasteiger partial charge in [0.25, 0.3) is 0 Å². The molecule has 11 heavy (non-hydrogen) atoms. The van der Waals surface area contributed by atoms with E-state index in [1.807, 2.05) is 0 Å². The zero-order chi connectivity index (χ0) is 8.43. The minimum absolute atomic E-state index is 0.170. The summed E-state index contributed by atoms with van der Waals surface area (Å²) in [6.07, 6.45) is 0. The van der Waals surface area contributed by atoms with Crippen LogP contribution < -0.4 is 0 Å². The van der Waals surface area contributed by atoms with Crippen molar-refractivity contribution < 1.29 is 9.50 Å². The highest BCUT2D eigenvalue weighted by molar-refractivity contribution is 9.11. The van der Waals surface area contributed by atoms with Gasteiger partial charge in [0, 0.05) is 4.47 Å². The van der Waals surface area contributed by atoms with Gasteiger partial charge in [-0.25, -0.2) is 4.39 Å². The number of hydrogen-bond donors (Lipinski definition) is 1. The van der Waals surface area contributed by atoms with Gasteiger partial charge >= 0.3 is 0 Å². The van der Waals surface area contributed by atoms with Crippen molar-refractivity contribution in [1.29, 1.82) is 0 Å². The molecule has 0 atom stereocenters. The summed E-state index contributed by atoms with van der Waals surface area (Å²) in [6, 6.07) is 3.00. The maximum atomic E-state index is 12.8. The number of aliphatic hydroxyl groups excluding tert-OH is 1. The molecule has 0 heterocycles. The van der Waals surface area contributed by atoms with Crippen LogP contribution in [0.2, 0.25) is 0 Å². The molecule has 0 radical (unpaired) electrons. The van der Waals surface area contributed by atoms with E-state index in [0.29, 0.717) is 14.5 Å². The summed E-state index contributed by atoms with van der Waals surface area (Å²) >= 11 is 6.13. The topological polar surface area (TPSA) is 20.2 Å². The predicted molar refractivity (Wildman–Crippen MR) is 47.7 cm³/mol. The van der Waals surface area contributed by atoms with Crippen LogP contribution in [0.4, 0.5) is 4.39 Å². The second kappa shape index (κ2) is 3.65. The summed E-state index contributed by atoms with van der Waals surface area (Å²) < 4.78 is 13.8. The molecule has 4 heteroatoms. The summed E-state index contributed by atoms with van der Waals surface area (Å²) in [7, 11) is 0. The lowest BCUT2D eigenvalue weighted by Crippen LogP contribution is -1.88. The monoisotopic (exact) mass is 282 g/mol. The quantitative estimate of drug-likeness (QED) is 0.786. The molecule has 0 unspecified atom stereocenters. The van der Waals surface area contributed by atoms with Crippen LogP contribution in [-0.2, 0) is 6.61 Å². The molecule has 0 spiro atoms. The first-order valence-electron chi connectivity index (χ1n) is 2.89. The van der Waals surface area contributed by atoms with E-state index >= 15 is 0 Å². The van der Waals surface area contributed by atoms with Crippen LogP contribution in [0.25, 0.3) is 0 Å². The van der Waals surface area contributed by atoms with Gasteiger partial charge in [-0.3, -0.25) is 0 Å². The first-order chi connectivity index (χ1) is 5.15. The van der Waals surface area contributed by atoms with Crippen LogP contribution in [0.5, 0.6) is 0 Å². The lowest BCUT2D eigenvalue weighted by Gasteiger charge is -2.01. The van der Waals surface area contributed by atoms with Crippen LogP contribution in [0, 0.1) is 5.82 Å². The molecular weight excluding hydrogens is 279 g/mol. The Morgan fingerprint density at radius 2 is 2.00 bits per heavy atom. The molecule has 1 N–H and O–H groups in total. The third-order valence-electron chi connectivity index (χ3n) is 1.24. The lowest BCUT2D eigenvalue weighted by atomic mass is 10.2. The Balaban J connectivity index is 3.24. The van der Waals surface area contributed by atoms with Crippen LogP contribution in [-0.4, -0.2) is 5.11 Å². The van der Waals surface area contributed by atoms with Gasteiger partial charge in [0.05, 0.1) is 11.1 Å². The maximum Gasteiger partial charge on any atom is 0.138 e. The van der Waals surface area contributed by atoms with Crippen LogP contribution >= 0.6 is 31.9 Å². The molecule has 1 aromatic rings. The van der Waals surface area contributed by atoms with Crippen LogP contribution in [0.15, 0.2) is 21.1 Å². The van der Waals surface area contributed by atoms with Crippen molar-refractivity contribution in [3.8, 4) is 0 Å². The average Bonchev–Trinajstić information content (AvgIpc) is 1.96. The van der Waals surface area contributed by atoms with Crippen molar-refractivity contribution in [2.75, 3.05) is 0 Å². The third-order valence-corrected chi connectivity index (χ3v) is 2.58. The van der Waals surface area contributed by atoms with Crippen molar-refractivity contribution in [3.63, 3.8) is 0 Å². The molecule has 0 bridgehead atoms. The molecule has 0 aliphatic heterocycles. The summed E-state index contributed by atoms with van der Waals surface area (Å²) in [5.41, 5.74) is 0.539. The van der Waals surface area contributed by atoms with Crippen molar-refractivity contribution in [3.05, 3.63) is 32.5 Å². The fraction of sp³-hybridized carbons (Fsp3) is 0.143. The van der Waals surface area contributed by atoms with E-state index in [1.54, 1.807) is 6.07 Å². The molecule has 0 saturated carbocycles. The van der Waals surface area contributed by atoms with Crippen LogP contribution in [0.1, 0.15) is 5.56 Å². The zero-order valence-corrected chi connectivity index (χ0v) is 8.61. The van der Waals surface area contributed by atoms with Gasteiger partial charge < -0.3 is 5.11 Å². The fourth-order valence-electron chi connectivity index (χ4n) is 0.724. The van der Waals surface area contributed by atoms with Gasteiger partial charge in [-0.05, 0) is 33.6 Å². The van der Waals surface area contributed by atoms with Gasteiger partial charge in [0.1, 0.15) is 5.82 Å². The highest BCUT2D eigenvalue weighted by Crippen LogP contribution is 2.25. The van der Waals surface area contributed by atoms with E-state index in [0.717, 1.165) is 0 Å². The standard InChI is InChI=1S/C7H5Br2FO/c8-5-1-4(3-11)7(9)6(10)2-5/h1-2,11H,3H2. The second-order valence-corrected chi connectivity index (χ2v) is 3.73. The number of halogens is 3. The third kappa shape index (κ3) is 2.01. The molecule has 0 saturated heterocycles. The van der Waals surface area contributed by atoms with E-state index in [9.17, 15) is 4.39 Å². The predicted octanol–water partition coefficient (Wildman–Crippen LogP) is 2.84. The van der Waals surface area contributed by atoms with E-state index in [4.69, 9.17) is 5.11 Å². The lowest BCUT2D eigenvalue weighted by molar-refractivity contribution is 0.280. The van der Waals surface area contributed by atoms with Gasteiger partial charge in [0.2, 0.25) is 0 Å². The highest BCUT2D eigenvalue weighted by Gasteiger charge is 2.05. The first kappa shape index (κ1) is 9.16. The van der Waals surface area contributed by atoms with Gasteiger partial charge in [0.15, 0.2) is 0 Å².